The van der Waals surface area contributed by atoms with Gasteiger partial charge < -0.3 is 10.3 Å². The number of nitrogens with one attached hydrogen (secondary N) is 2. The fourth-order valence-corrected chi connectivity index (χ4v) is 3.61. The van der Waals surface area contributed by atoms with Crippen LogP contribution in [0.4, 0.5) is 0 Å². The SMILES string of the molecule is C=C(NCCc1c[nH]c2ccc(Cl)cc12)c1cccc(-c2ccc(C)cc2)c1. The molecular formula is C25H23ClN2. The van der Waals surface area contributed by atoms with E-state index < -0.39 is 0 Å². The summed E-state index contributed by atoms with van der Waals surface area (Å²) in [6.45, 7) is 7.15. The summed E-state index contributed by atoms with van der Waals surface area (Å²) in [5.74, 6) is 0. The quantitative estimate of drug-likeness (QED) is 0.384. The summed E-state index contributed by atoms with van der Waals surface area (Å²) < 4.78 is 0. The van der Waals surface area contributed by atoms with Crippen LogP contribution in [0.1, 0.15) is 16.7 Å². The number of H-pyrrole nitrogens is 1. The van der Waals surface area contributed by atoms with Gasteiger partial charge in [0.25, 0.3) is 0 Å². The second-order valence-corrected chi connectivity index (χ2v) is 7.54. The van der Waals surface area contributed by atoms with Crippen LogP contribution in [0.2, 0.25) is 5.02 Å². The van der Waals surface area contributed by atoms with Gasteiger partial charge in [-0.05, 0) is 59.9 Å². The van der Waals surface area contributed by atoms with E-state index in [9.17, 15) is 0 Å². The number of aromatic nitrogens is 1. The Morgan fingerprint density at radius 2 is 1.82 bits per heavy atom. The van der Waals surface area contributed by atoms with E-state index >= 15 is 0 Å². The van der Waals surface area contributed by atoms with E-state index in [2.05, 4.69) is 78.5 Å². The zero-order valence-electron chi connectivity index (χ0n) is 15.9. The molecule has 28 heavy (non-hydrogen) atoms. The summed E-state index contributed by atoms with van der Waals surface area (Å²) in [7, 11) is 0. The van der Waals surface area contributed by atoms with Gasteiger partial charge in [-0.2, -0.15) is 0 Å². The third-order valence-corrected chi connectivity index (χ3v) is 5.29. The van der Waals surface area contributed by atoms with Crippen molar-refractivity contribution in [2.24, 2.45) is 0 Å². The average Bonchev–Trinajstić information content (AvgIpc) is 3.10. The number of hydrogen-bond acceptors (Lipinski definition) is 1. The number of halogens is 1. The molecule has 0 bridgehead atoms. The molecule has 3 heteroatoms. The van der Waals surface area contributed by atoms with Crippen molar-refractivity contribution in [1.82, 2.24) is 10.3 Å². The van der Waals surface area contributed by atoms with Crippen LogP contribution in [0.3, 0.4) is 0 Å². The summed E-state index contributed by atoms with van der Waals surface area (Å²) in [5, 5.41) is 5.41. The second kappa shape index (κ2) is 7.95. The fourth-order valence-electron chi connectivity index (χ4n) is 3.44. The molecule has 4 aromatic rings. The van der Waals surface area contributed by atoms with E-state index in [1.54, 1.807) is 0 Å². The van der Waals surface area contributed by atoms with Crippen LogP contribution in [0.15, 0.2) is 79.5 Å². The topological polar surface area (TPSA) is 27.8 Å². The lowest BCUT2D eigenvalue weighted by Gasteiger charge is -2.11. The van der Waals surface area contributed by atoms with Gasteiger partial charge in [-0.15, -0.1) is 0 Å². The van der Waals surface area contributed by atoms with Crippen LogP contribution >= 0.6 is 11.6 Å². The number of rotatable bonds is 6. The number of hydrogen-bond donors (Lipinski definition) is 2. The molecule has 0 spiro atoms. The monoisotopic (exact) mass is 386 g/mol. The van der Waals surface area contributed by atoms with Crippen LogP contribution in [0, 0.1) is 6.92 Å². The van der Waals surface area contributed by atoms with Crippen molar-refractivity contribution in [2.45, 2.75) is 13.3 Å². The fraction of sp³-hybridized carbons (Fsp3) is 0.120. The minimum Gasteiger partial charge on any atom is -0.385 e. The highest BCUT2D eigenvalue weighted by atomic mass is 35.5. The Balaban J connectivity index is 1.43. The van der Waals surface area contributed by atoms with E-state index in [1.807, 2.05) is 18.2 Å². The number of aromatic amines is 1. The lowest BCUT2D eigenvalue weighted by Crippen LogP contribution is -2.15. The van der Waals surface area contributed by atoms with Gasteiger partial charge in [-0.25, -0.2) is 0 Å². The molecule has 4 rings (SSSR count). The summed E-state index contributed by atoms with van der Waals surface area (Å²) in [5.41, 5.74) is 8.11. The maximum absolute atomic E-state index is 6.14. The van der Waals surface area contributed by atoms with E-state index in [4.69, 9.17) is 11.6 Å². The highest BCUT2D eigenvalue weighted by Crippen LogP contribution is 2.24. The third kappa shape index (κ3) is 3.97. The first-order valence-electron chi connectivity index (χ1n) is 9.46. The minimum atomic E-state index is 0.763. The highest BCUT2D eigenvalue weighted by molar-refractivity contribution is 6.31. The van der Waals surface area contributed by atoms with Gasteiger partial charge in [0.2, 0.25) is 0 Å². The zero-order valence-corrected chi connectivity index (χ0v) is 16.7. The van der Waals surface area contributed by atoms with Crippen molar-refractivity contribution in [1.29, 1.82) is 0 Å². The van der Waals surface area contributed by atoms with Gasteiger partial charge in [0.05, 0.1) is 0 Å². The predicted octanol–water partition coefficient (Wildman–Crippen LogP) is 6.60. The molecule has 0 saturated heterocycles. The standard InChI is InChI=1S/C25H23ClN2/c1-17-6-8-19(9-7-17)21-5-3-4-20(14-21)18(2)27-13-12-22-16-28-25-11-10-23(26)15-24(22)25/h3-11,14-16,27-28H,2,12-13H2,1H3. The molecule has 0 unspecified atom stereocenters. The van der Waals surface area contributed by atoms with Crippen molar-refractivity contribution in [2.75, 3.05) is 6.54 Å². The zero-order chi connectivity index (χ0) is 19.5. The largest absolute Gasteiger partial charge is 0.385 e. The van der Waals surface area contributed by atoms with Crippen molar-refractivity contribution in [3.05, 3.63) is 101 Å². The first-order valence-corrected chi connectivity index (χ1v) is 9.84. The average molecular weight is 387 g/mol. The van der Waals surface area contributed by atoms with Gasteiger partial charge in [0.1, 0.15) is 0 Å². The maximum Gasteiger partial charge on any atom is 0.0457 e. The Bertz CT molecular complexity index is 1120. The molecule has 0 aliphatic heterocycles. The van der Waals surface area contributed by atoms with Crippen molar-refractivity contribution >= 4 is 28.2 Å². The molecule has 0 amide bonds. The molecule has 0 aliphatic carbocycles. The Hall–Kier alpha value is -2.97. The molecule has 0 radical (unpaired) electrons. The Morgan fingerprint density at radius 3 is 2.64 bits per heavy atom. The van der Waals surface area contributed by atoms with Crippen LogP contribution in [-0.2, 0) is 6.42 Å². The lowest BCUT2D eigenvalue weighted by atomic mass is 10.0. The first kappa shape index (κ1) is 18.4. The molecule has 140 valence electrons. The Kier molecular flexibility index (Phi) is 5.23. The van der Waals surface area contributed by atoms with Crippen LogP contribution in [0.5, 0.6) is 0 Å². The van der Waals surface area contributed by atoms with Crippen LogP contribution < -0.4 is 5.32 Å². The highest BCUT2D eigenvalue weighted by Gasteiger charge is 2.06. The van der Waals surface area contributed by atoms with Crippen molar-refractivity contribution < 1.29 is 0 Å². The Labute approximate surface area is 170 Å². The second-order valence-electron chi connectivity index (χ2n) is 7.11. The predicted molar refractivity (Wildman–Crippen MR) is 121 cm³/mol. The van der Waals surface area contributed by atoms with Crippen molar-refractivity contribution in [3.8, 4) is 11.1 Å². The smallest absolute Gasteiger partial charge is 0.0457 e. The Morgan fingerprint density at radius 1 is 1.00 bits per heavy atom. The summed E-state index contributed by atoms with van der Waals surface area (Å²) in [6, 6.07) is 23.0. The first-order chi connectivity index (χ1) is 13.6. The third-order valence-electron chi connectivity index (χ3n) is 5.06. The molecule has 1 aromatic heterocycles. The molecule has 3 aromatic carbocycles. The maximum atomic E-state index is 6.14. The lowest BCUT2D eigenvalue weighted by molar-refractivity contribution is 0.853. The van der Waals surface area contributed by atoms with Gasteiger partial charge in [-0.3, -0.25) is 0 Å². The molecule has 2 nitrogen and oxygen atoms in total. The minimum absolute atomic E-state index is 0.763. The number of fused-ring (bicyclic) bond motifs is 1. The molecule has 0 aliphatic rings. The molecule has 0 atom stereocenters. The van der Waals surface area contributed by atoms with E-state index in [0.717, 1.165) is 34.8 Å². The molecular weight excluding hydrogens is 364 g/mol. The molecule has 2 N–H and O–H groups in total. The van der Waals surface area contributed by atoms with Gasteiger partial charge in [0.15, 0.2) is 0 Å². The number of benzene rings is 3. The van der Waals surface area contributed by atoms with Crippen molar-refractivity contribution in [3.63, 3.8) is 0 Å². The van der Waals surface area contributed by atoms with Crippen LogP contribution in [-0.4, -0.2) is 11.5 Å². The summed E-state index contributed by atoms with van der Waals surface area (Å²) >= 11 is 6.14. The molecule has 0 saturated carbocycles. The number of aryl methyl sites for hydroxylation is 1. The van der Waals surface area contributed by atoms with Crippen LogP contribution in [0.25, 0.3) is 27.7 Å². The van der Waals surface area contributed by atoms with Gasteiger partial charge in [-0.1, -0.05) is 66.2 Å². The normalized spacial score (nSPS) is 10.9. The van der Waals surface area contributed by atoms with E-state index in [0.29, 0.717) is 0 Å². The summed E-state index contributed by atoms with van der Waals surface area (Å²) in [4.78, 5) is 3.31. The summed E-state index contributed by atoms with van der Waals surface area (Å²) in [6.07, 6.45) is 2.96. The van der Waals surface area contributed by atoms with E-state index in [1.165, 1.54) is 27.6 Å². The molecule has 0 fully saturated rings. The van der Waals surface area contributed by atoms with Gasteiger partial charge in [0, 0.05) is 34.4 Å². The van der Waals surface area contributed by atoms with Gasteiger partial charge >= 0.3 is 0 Å². The molecule has 1 heterocycles. The van der Waals surface area contributed by atoms with E-state index in [-0.39, 0.29) is 0 Å².